The highest BCUT2D eigenvalue weighted by Gasteiger charge is 2.28. The van der Waals surface area contributed by atoms with Crippen LogP contribution in [0, 0.1) is 11.6 Å². The summed E-state index contributed by atoms with van der Waals surface area (Å²) in [6, 6.07) is 9.39. The van der Waals surface area contributed by atoms with Crippen molar-refractivity contribution in [3.05, 3.63) is 64.2 Å². The molecule has 1 N–H and O–H groups in total. The van der Waals surface area contributed by atoms with Crippen LogP contribution in [-0.4, -0.2) is 13.2 Å². The van der Waals surface area contributed by atoms with Crippen LogP contribution in [0.2, 0.25) is 0 Å². The van der Waals surface area contributed by atoms with Crippen molar-refractivity contribution in [3.8, 4) is 5.75 Å². The second-order valence-corrected chi connectivity index (χ2v) is 7.07. The average Bonchev–Trinajstić information content (AvgIpc) is 3.26. The smallest absolute Gasteiger partial charge is 0.129 e. The van der Waals surface area contributed by atoms with Crippen LogP contribution in [0.5, 0.6) is 5.75 Å². The second kappa shape index (κ2) is 6.75. The van der Waals surface area contributed by atoms with Gasteiger partial charge >= 0.3 is 0 Å². The van der Waals surface area contributed by atoms with Crippen molar-refractivity contribution in [2.75, 3.05) is 13.2 Å². The summed E-state index contributed by atoms with van der Waals surface area (Å²) in [4.78, 5) is 0. The molecule has 2 aromatic carbocycles. The molecule has 0 spiro atoms. The molecule has 0 radical (unpaired) electrons. The van der Waals surface area contributed by atoms with Crippen LogP contribution in [0.1, 0.15) is 54.0 Å². The van der Waals surface area contributed by atoms with Gasteiger partial charge < -0.3 is 10.1 Å². The van der Waals surface area contributed by atoms with Crippen LogP contribution in [0.15, 0.2) is 30.3 Å². The van der Waals surface area contributed by atoms with E-state index in [1.165, 1.54) is 23.3 Å². The molecule has 0 amide bonds. The first-order valence-corrected chi connectivity index (χ1v) is 9.12. The fourth-order valence-corrected chi connectivity index (χ4v) is 4.02. The van der Waals surface area contributed by atoms with E-state index in [1.54, 1.807) is 0 Å². The van der Waals surface area contributed by atoms with Crippen LogP contribution >= 0.6 is 0 Å². The van der Waals surface area contributed by atoms with Gasteiger partial charge in [-0.2, -0.15) is 0 Å². The van der Waals surface area contributed by atoms with Crippen molar-refractivity contribution in [1.29, 1.82) is 0 Å². The Bertz CT molecular complexity index is 766. The van der Waals surface area contributed by atoms with Gasteiger partial charge in [0.25, 0.3) is 0 Å². The van der Waals surface area contributed by atoms with E-state index in [9.17, 15) is 8.78 Å². The molecule has 4 rings (SSSR count). The molecule has 132 valence electrons. The monoisotopic (exact) mass is 343 g/mol. The maximum atomic E-state index is 14.2. The first-order chi connectivity index (χ1) is 12.2. The number of hydrogen-bond donors (Lipinski definition) is 1. The van der Waals surface area contributed by atoms with Crippen molar-refractivity contribution in [2.45, 2.75) is 44.6 Å². The predicted molar refractivity (Wildman–Crippen MR) is 94.1 cm³/mol. The first kappa shape index (κ1) is 16.5. The lowest BCUT2D eigenvalue weighted by molar-refractivity contribution is 0.357. The molecular formula is C21H23F2NO. The zero-order valence-corrected chi connectivity index (χ0v) is 14.4. The van der Waals surface area contributed by atoms with Crippen molar-refractivity contribution < 1.29 is 13.5 Å². The number of hydrogen-bond acceptors (Lipinski definition) is 2. The molecule has 1 fully saturated rings. The van der Waals surface area contributed by atoms with E-state index >= 15 is 0 Å². The summed E-state index contributed by atoms with van der Waals surface area (Å²) < 4.78 is 34.0. The minimum Gasteiger partial charge on any atom is -0.493 e. The van der Waals surface area contributed by atoms with E-state index in [0.29, 0.717) is 17.9 Å². The number of ether oxygens (including phenoxy) is 1. The molecule has 0 aromatic heterocycles. The van der Waals surface area contributed by atoms with Crippen LogP contribution in [0.4, 0.5) is 8.78 Å². The summed E-state index contributed by atoms with van der Waals surface area (Å²) in [6.07, 6.45) is 2.99. The molecular weight excluding hydrogens is 320 g/mol. The Morgan fingerprint density at radius 2 is 1.92 bits per heavy atom. The van der Waals surface area contributed by atoms with Crippen LogP contribution in [-0.2, 0) is 12.8 Å². The summed E-state index contributed by atoms with van der Waals surface area (Å²) in [6.45, 7) is 3.51. The number of nitrogens with one attached hydrogen (secondary N) is 1. The Hall–Kier alpha value is -1.94. The van der Waals surface area contributed by atoms with E-state index in [2.05, 4.69) is 17.4 Å². The summed E-state index contributed by atoms with van der Waals surface area (Å²) in [5.74, 6) is 0.507. The lowest BCUT2D eigenvalue weighted by atomic mass is 9.92. The molecule has 1 saturated heterocycles. The Morgan fingerprint density at radius 3 is 2.68 bits per heavy atom. The van der Waals surface area contributed by atoms with E-state index in [0.717, 1.165) is 38.2 Å². The summed E-state index contributed by atoms with van der Waals surface area (Å²) in [5, 5.41) is 3.43. The van der Waals surface area contributed by atoms with Gasteiger partial charge in [-0.1, -0.05) is 25.5 Å². The fraction of sp³-hybridized carbons (Fsp3) is 0.429. The van der Waals surface area contributed by atoms with Crippen molar-refractivity contribution in [1.82, 2.24) is 5.32 Å². The Morgan fingerprint density at radius 1 is 1.12 bits per heavy atom. The van der Waals surface area contributed by atoms with E-state index in [-0.39, 0.29) is 11.6 Å². The number of fused-ring (bicyclic) bond motifs is 1. The molecule has 2 nitrogen and oxygen atoms in total. The molecule has 2 unspecified atom stereocenters. The van der Waals surface area contributed by atoms with Crippen molar-refractivity contribution in [3.63, 3.8) is 0 Å². The molecule has 2 aromatic rings. The molecule has 0 saturated carbocycles. The minimum absolute atomic E-state index is 0.00539. The number of halogens is 2. The van der Waals surface area contributed by atoms with Gasteiger partial charge in [0, 0.05) is 24.6 Å². The third-order valence-electron chi connectivity index (χ3n) is 5.38. The van der Waals surface area contributed by atoms with Gasteiger partial charge in [0.2, 0.25) is 0 Å². The fourth-order valence-electron chi connectivity index (χ4n) is 4.02. The third kappa shape index (κ3) is 3.15. The maximum absolute atomic E-state index is 14.2. The van der Waals surface area contributed by atoms with Crippen LogP contribution in [0.25, 0.3) is 0 Å². The molecule has 0 bridgehead atoms. The lowest BCUT2D eigenvalue weighted by Gasteiger charge is -2.14. The Kier molecular flexibility index (Phi) is 4.46. The molecule has 2 aliphatic rings. The summed E-state index contributed by atoms with van der Waals surface area (Å²) in [5.41, 5.74) is 3.46. The second-order valence-electron chi connectivity index (χ2n) is 7.07. The standard InChI is InChI=1S/C21H23F2NO/c1-2-3-17-18(22)9-15(10-19(17)23)20-11-16(12-24-20)13-4-5-21-14(8-13)6-7-25-21/h4-5,8-10,16,20,24H,2-3,6-7,11-12H2,1H3. The Balaban J connectivity index is 1.53. The molecule has 2 heterocycles. The van der Waals surface area contributed by atoms with Gasteiger partial charge in [0.05, 0.1) is 6.61 Å². The van der Waals surface area contributed by atoms with Crippen LogP contribution in [0.3, 0.4) is 0 Å². The van der Waals surface area contributed by atoms with Gasteiger partial charge in [-0.05, 0) is 53.6 Å². The highest BCUT2D eigenvalue weighted by Crippen LogP contribution is 2.37. The van der Waals surface area contributed by atoms with E-state index < -0.39 is 11.6 Å². The van der Waals surface area contributed by atoms with Crippen LogP contribution < -0.4 is 10.1 Å². The summed E-state index contributed by atoms with van der Waals surface area (Å²) >= 11 is 0. The zero-order chi connectivity index (χ0) is 17.4. The van der Waals surface area contributed by atoms with Gasteiger partial charge in [-0.15, -0.1) is 0 Å². The molecule has 0 aliphatic carbocycles. The zero-order valence-electron chi connectivity index (χ0n) is 14.4. The molecule has 2 aliphatic heterocycles. The van der Waals surface area contributed by atoms with Crippen molar-refractivity contribution in [2.24, 2.45) is 0 Å². The summed E-state index contributed by atoms with van der Waals surface area (Å²) in [7, 11) is 0. The van der Waals surface area contributed by atoms with Crippen molar-refractivity contribution >= 4 is 0 Å². The van der Waals surface area contributed by atoms with Gasteiger partial charge in [0.15, 0.2) is 0 Å². The largest absolute Gasteiger partial charge is 0.493 e. The highest BCUT2D eigenvalue weighted by atomic mass is 19.1. The van der Waals surface area contributed by atoms with E-state index in [4.69, 9.17) is 4.74 Å². The first-order valence-electron chi connectivity index (χ1n) is 9.12. The van der Waals surface area contributed by atoms with Gasteiger partial charge in [-0.25, -0.2) is 8.78 Å². The number of benzene rings is 2. The SMILES string of the molecule is CCCc1c(F)cc(C2CC(c3ccc4c(c3)CCO4)CN2)cc1F. The Labute approximate surface area is 147 Å². The normalized spacial score (nSPS) is 22.0. The highest BCUT2D eigenvalue weighted by molar-refractivity contribution is 5.41. The lowest BCUT2D eigenvalue weighted by Crippen LogP contribution is -2.14. The molecule has 25 heavy (non-hydrogen) atoms. The van der Waals surface area contributed by atoms with E-state index in [1.807, 2.05) is 13.0 Å². The minimum atomic E-state index is -0.420. The van der Waals surface area contributed by atoms with Gasteiger partial charge in [0.1, 0.15) is 17.4 Å². The average molecular weight is 343 g/mol. The predicted octanol–water partition coefficient (Wildman–Crippen LogP) is 4.67. The quantitative estimate of drug-likeness (QED) is 0.871. The molecule has 2 atom stereocenters. The van der Waals surface area contributed by atoms with Gasteiger partial charge in [-0.3, -0.25) is 0 Å². The topological polar surface area (TPSA) is 21.3 Å². The maximum Gasteiger partial charge on any atom is 0.129 e. The molecule has 4 heteroatoms. The number of rotatable bonds is 4. The third-order valence-corrected chi connectivity index (χ3v) is 5.38.